The number of nitrogens with zero attached hydrogens (tertiary/aromatic N) is 1. The highest BCUT2D eigenvalue weighted by atomic mass is 16.7. The number of hydrogen-bond donors (Lipinski definition) is 0. The van der Waals surface area contributed by atoms with Gasteiger partial charge in [-0.05, 0) is 24.3 Å². The Balaban J connectivity index is 1.84. The molecule has 0 aliphatic carbocycles. The van der Waals surface area contributed by atoms with E-state index in [-0.39, 0.29) is 29.2 Å². The lowest BCUT2D eigenvalue weighted by Crippen LogP contribution is -2.59. The Morgan fingerprint density at radius 1 is 0.861 bits per heavy atom. The molecule has 0 spiro atoms. The second-order valence-corrected chi connectivity index (χ2v) is 7.78. The zero-order chi connectivity index (χ0) is 26.4. The molecule has 0 radical (unpaired) electrons. The highest BCUT2D eigenvalue weighted by Crippen LogP contribution is 2.28. The number of carbonyl (C=O) groups is 4. The minimum absolute atomic E-state index is 0.149. The monoisotopic (exact) mass is 501 g/mol. The van der Waals surface area contributed by atoms with Gasteiger partial charge in [-0.15, -0.1) is 0 Å². The first-order chi connectivity index (χ1) is 17.0. The van der Waals surface area contributed by atoms with Crippen LogP contribution in [-0.2, 0) is 33.3 Å². The fourth-order valence-corrected chi connectivity index (χ4v) is 3.56. The summed E-state index contributed by atoms with van der Waals surface area (Å²) in [6, 6.07) is 11.1. The van der Waals surface area contributed by atoms with Crippen molar-refractivity contribution in [3.63, 3.8) is 0 Å². The molecule has 1 aliphatic heterocycles. The van der Waals surface area contributed by atoms with Gasteiger partial charge in [0, 0.05) is 44.0 Å². The molecule has 1 fully saturated rings. The second-order valence-electron chi connectivity index (χ2n) is 7.78. The van der Waals surface area contributed by atoms with E-state index in [2.05, 4.69) is 0 Å². The van der Waals surface area contributed by atoms with Crippen LogP contribution >= 0.6 is 0 Å². The fraction of sp³-hybridized carbons (Fsp3) is 0.333. The maximum Gasteiger partial charge on any atom is 0.303 e. The summed E-state index contributed by atoms with van der Waals surface area (Å²) in [7, 11) is 0. The Morgan fingerprint density at radius 3 is 2.06 bits per heavy atom. The summed E-state index contributed by atoms with van der Waals surface area (Å²) >= 11 is 0. The van der Waals surface area contributed by atoms with E-state index in [4.69, 9.17) is 23.7 Å². The topological polar surface area (TPSA) is 158 Å². The summed E-state index contributed by atoms with van der Waals surface area (Å²) in [5, 5.41) is 10.8. The van der Waals surface area contributed by atoms with E-state index in [1.165, 1.54) is 49.4 Å². The molecule has 1 aliphatic rings. The Kier molecular flexibility index (Phi) is 8.33. The third-order valence-corrected chi connectivity index (χ3v) is 4.99. The molecule has 0 bridgehead atoms. The van der Waals surface area contributed by atoms with Crippen LogP contribution in [0.5, 0.6) is 5.75 Å². The molecule has 12 nitrogen and oxygen atoms in total. The van der Waals surface area contributed by atoms with E-state index in [1.54, 1.807) is 6.07 Å². The van der Waals surface area contributed by atoms with Crippen molar-refractivity contribution >= 4 is 29.4 Å². The van der Waals surface area contributed by atoms with Crippen LogP contribution < -0.4 is 4.74 Å². The number of carbonyl (C=O) groups excluding carboxylic acids is 4. The highest BCUT2D eigenvalue weighted by molar-refractivity contribution is 6.09. The SMILES string of the molecule is CC(=O)O[C@@H]1[C@@H](OC(C)=O)[C@H](Oc2cccc(C(=O)c3ccc([N+](=O)[O-])cc3)c2)OC[C@H]1OC(C)=O. The molecule has 2 aromatic carbocycles. The van der Waals surface area contributed by atoms with Gasteiger partial charge in [0.15, 0.2) is 18.0 Å². The van der Waals surface area contributed by atoms with Crippen molar-refractivity contribution < 1.29 is 47.8 Å². The molecule has 0 N–H and O–H groups in total. The van der Waals surface area contributed by atoms with Crippen molar-refractivity contribution in [2.45, 2.75) is 45.4 Å². The number of nitro benzene ring substituents is 1. The zero-order valence-corrected chi connectivity index (χ0v) is 19.6. The van der Waals surface area contributed by atoms with Gasteiger partial charge < -0.3 is 23.7 Å². The average Bonchev–Trinajstić information content (AvgIpc) is 2.81. The lowest BCUT2D eigenvalue weighted by atomic mass is 10.0. The molecule has 0 saturated carbocycles. The molecular formula is C24H23NO11. The van der Waals surface area contributed by atoms with Gasteiger partial charge in [0.25, 0.3) is 5.69 Å². The molecular weight excluding hydrogens is 478 g/mol. The summed E-state index contributed by atoms with van der Waals surface area (Å²) in [5.41, 5.74) is 0.295. The van der Waals surface area contributed by atoms with Crippen LogP contribution in [0.1, 0.15) is 36.7 Å². The molecule has 1 heterocycles. The standard InChI is InChI=1S/C24H23NO11/c1-13(26)33-20-12-32-24(23(35-15(3)28)22(20)34-14(2)27)36-19-6-4-5-17(11-19)21(29)16-7-9-18(10-8-16)25(30)31/h4-11,20,22-24H,12H2,1-3H3/t20-,22+,23-,24+/m1/s1. The van der Waals surface area contributed by atoms with Gasteiger partial charge in [0.05, 0.1) is 11.5 Å². The summed E-state index contributed by atoms with van der Waals surface area (Å²) < 4.78 is 27.2. The van der Waals surface area contributed by atoms with Gasteiger partial charge in [-0.3, -0.25) is 29.3 Å². The summed E-state index contributed by atoms with van der Waals surface area (Å²) in [5.74, 6) is -2.33. The second kappa shape index (κ2) is 11.4. The molecule has 0 amide bonds. The van der Waals surface area contributed by atoms with Crippen molar-refractivity contribution in [1.82, 2.24) is 0 Å². The minimum Gasteiger partial charge on any atom is -0.461 e. The first kappa shape index (κ1) is 26.3. The van der Waals surface area contributed by atoms with Crippen LogP contribution in [-0.4, -0.2) is 59.8 Å². The molecule has 36 heavy (non-hydrogen) atoms. The largest absolute Gasteiger partial charge is 0.461 e. The first-order valence-corrected chi connectivity index (χ1v) is 10.7. The average molecular weight is 501 g/mol. The number of benzene rings is 2. The third-order valence-electron chi connectivity index (χ3n) is 4.99. The Morgan fingerprint density at radius 2 is 1.47 bits per heavy atom. The van der Waals surface area contributed by atoms with Gasteiger partial charge in [-0.25, -0.2) is 0 Å². The van der Waals surface area contributed by atoms with Crippen LogP contribution in [0.15, 0.2) is 48.5 Å². The van der Waals surface area contributed by atoms with Gasteiger partial charge in [0.1, 0.15) is 5.75 Å². The van der Waals surface area contributed by atoms with Crippen LogP contribution in [0.3, 0.4) is 0 Å². The van der Waals surface area contributed by atoms with Crippen molar-refractivity contribution in [3.05, 3.63) is 69.8 Å². The predicted molar refractivity (Wildman–Crippen MR) is 120 cm³/mol. The first-order valence-electron chi connectivity index (χ1n) is 10.7. The predicted octanol–water partition coefficient (Wildman–Crippen LogP) is 2.36. The minimum atomic E-state index is -1.29. The van der Waals surface area contributed by atoms with E-state index in [0.29, 0.717) is 0 Å². The van der Waals surface area contributed by atoms with E-state index >= 15 is 0 Å². The van der Waals surface area contributed by atoms with Gasteiger partial charge in [-0.2, -0.15) is 0 Å². The fourth-order valence-electron chi connectivity index (χ4n) is 3.56. The third kappa shape index (κ3) is 6.63. The maximum atomic E-state index is 12.9. The number of nitro groups is 1. The zero-order valence-electron chi connectivity index (χ0n) is 19.6. The van der Waals surface area contributed by atoms with Gasteiger partial charge >= 0.3 is 17.9 Å². The molecule has 1 saturated heterocycles. The van der Waals surface area contributed by atoms with E-state index in [9.17, 15) is 29.3 Å². The number of esters is 3. The normalized spacial score (nSPS) is 21.1. The van der Waals surface area contributed by atoms with Crippen LogP contribution in [0.2, 0.25) is 0 Å². The molecule has 12 heteroatoms. The number of hydrogen-bond acceptors (Lipinski definition) is 11. The van der Waals surface area contributed by atoms with Crippen molar-refractivity contribution in [3.8, 4) is 5.75 Å². The maximum absolute atomic E-state index is 12.9. The molecule has 190 valence electrons. The number of non-ortho nitro benzene ring substituents is 1. The molecule has 2 aromatic rings. The number of ether oxygens (including phenoxy) is 5. The Labute approximate surface area is 205 Å². The molecule has 4 atom stereocenters. The molecule has 3 rings (SSSR count). The lowest BCUT2D eigenvalue weighted by Gasteiger charge is -2.40. The van der Waals surface area contributed by atoms with Crippen LogP contribution in [0, 0.1) is 10.1 Å². The smallest absolute Gasteiger partial charge is 0.303 e. The lowest BCUT2D eigenvalue weighted by molar-refractivity contribution is -0.384. The molecule has 0 aromatic heterocycles. The van der Waals surface area contributed by atoms with E-state index < -0.39 is 53.2 Å². The summed E-state index contributed by atoms with van der Waals surface area (Å²) in [6.45, 7) is 3.23. The summed E-state index contributed by atoms with van der Waals surface area (Å²) in [4.78, 5) is 58.1. The van der Waals surface area contributed by atoms with Crippen molar-refractivity contribution in [2.24, 2.45) is 0 Å². The van der Waals surface area contributed by atoms with Gasteiger partial charge in [0.2, 0.25) is 12.4 Å². The van der Waals surface area contributed by atoms with Crippen LogP contribution in [0.25, 0.3) is 0 Å². The summed E-state index contributed by atoms with van der Waals surface area (Å²) in [6.07, 6.45) is -4.82. The van der Waals surface area contributed by atoms with E-state index in [0.717, 1.165) is 13.8 Å². The Hall–Kier alpha value is -4.32. The van der Waals surface area contributed by atoms with Crippen LogP contribution in [0.4, 0.5) is 5.69 Å². The quantitative estimate of drug-likeness (QED) is 0.172. The van der Waals surface area contributed by atoms with Gasteiger partial charge in [-0.1, -0.05) is 12.1 Å². The number of rotatable bonds is 8. The number of ketones is 1. The van der Waals surface area contributed by atoms with Crippen molar-refractivity contribution in [1.29, 1.82) is 0 Å². The molecule has 0 unspecified atom stereocenters. The highest BCUT2D eigenvalue weighted by Gasteiger charge is 2.48. The Bertz CT molecular complexity index is 1160. The van der Waals surface area contributed by atoms with Crippen molar-refractivity contribution in [2.75, 3.05) is 6.61 Å². The van der Waals surface area contributed by atoms with E-state index in [1.807, 2.05) is 0 Å².